The van der Waals surface area contributed by atoms with E-state index in [-0.39, 0.29) is 5.75 Å². The molecule has 0 fully saturated rings. The molecule has 0 unspecified atom stereocenters. The summed E-state index contributed by atoms with van der Waals surface area (Å²) >= 11 is 0. The molecule has 0 amide bonds. The Morgan fingerprint density at radius 2 is 1.86 bits per heavy atom. The maximum absolute atomic E-state index is 12.4. The highest BCUT2D eigenvalue weighted by Crippen LogP contribution is 2.35. The van der Waals surface area contributed by atoms with E-state index in [1.165, 1.54) is 12.1 Å². The van der Waals surface area contributed by atoms with Crippen LogP contribution in [-0.4, -0.2) is 17.9 Å². The van der Waals surface area contributed by atoms with Crippen LogP contribution in [0.2, 0.25) is 0 Å². The molecule has 4 nitrogen and oxygen atoms in total. The number of benzene rings is 1. The molecule has 108 valence electrons. The summed E-state index contributed by atoms with van der Waals surface area (Å²) in [5.41, 5.74) is 8.05. The third-order valence-electron chi connectivity index (χ3n) is 3.13. The Morgan fingerprint density at radius 3 is 2.62 bits per heavy atom. The minimum Gasteiger partial charge on any atom is -0.405 e. The predicted molar refractivity (Wildman–Crippen MR) is 72.9 cm³/mol. The number of fused-ring (bicyclic) bond motifs is 1. The van der Waals surface area contributed by atoms with Crippen LogP contribution < -0.4 is 10.5 Å². The lowest BCUT2D eigenvalue weighted by molar-refractivity contribution is -0.274. The van der Waals surface area contributed by atoms with Gasteiger partial charge in [0.25, 0.3) is 0 Å². The second kappa shape index (κ2) is 4.76. The number of rotatable bonds is 2. The molecule has 1 aliphatic carbocycles. The minimum absolute atomic E-state index is 0.236. The lowest BCUT2D eigenvalue weighted by atomic mass is 9.91. The zero-order valence-corrected chi connectivity index (χ0v) is 10.7. The molecule has 1 heterocycles. The Bertz CT molecular complexity index is 714. The smallest absolute Gasteiger partial charge is 0.405 e. The zero-order chi connectivity index (χ0) is 15.0. The summed E-state index contributed by atoms with van der Waals surface area (Å²) in [6.07, 6.45) is -0.965. The molecular formula is C14H10F3N3O. The molecule has 0 radical (unpaired) electrons. The maximum atomic E-state index is 12.4. The van der Waals surface area contributed by atoms with Crippen molar-refractivity contribution in [1.82, 2.24) is 0 Å². The second-order valence-corrected chi connectivity index (χ2v) is 4.52. The zero-order valence-electron chi connectivity index (χ0n) is 10.7. The van der Waals surface area contributed by atoms with Gasteiger partial charge in [0.2, 0.25) is 0 Å². The molecule has 7 heteroatoms. The van der Waals surface area contributed by atoms with Crippen molar-refractivity contribution < 1.29 is 17.9 Å². The number of nitrogens with zero attached hydrogens (tertiary/aromatic N) is 2. The number of nitrogens with two attached hydrogens (primary N) is 1. The number of halogens is 3. The Hall–Kier alpha value is -2.57. The maximum Gasteiger partial charge on any atom is 0.573 e. The highest BCUT2D eigenvalue weighted by molar-refractivity contribution is 6.28. The highest BCUT2D eigenvalue weighted by atomic mass is 19.4. The molecule has 1 aromatic rings. The number of amidine groups is 1. The van der Waals surface area contributed by atoms with Gasteiger partial charge in [-0.25, -0.2) is 0 Å². The van der Waals surface area contributed by atoms with Gasteiger partial charge in [0.05, 0.1) is 5.71 Å². The van der Waals surface area contributed by atoms with Gasteiger partial charge in [0.1, 0.15) is 5.75 Å². The fourth-order valence-electron chi connectivity index (χ4n) is 2.24. The standard InChI is InChI=1S/C14H10F3N3O/c15-14(16,17)21-12-4-2-1-3-9(12)8-5-6-10-11(7-8)19-20-13(10)18/h1-6H,7H2,(H2,18,20). The molecule has 3 rings (SSSR count). The van der Waals surface area contributed by atoms with Crippen LogP contribution in [0.4, 0.5) is 13.2 Å². The van der Waals surface area contributed by atoms with Gasteiger partial charge in [0.15, 0.2) is 5.84 Å². The number of hydrogen-bond donors (Lipinski definition) is 1. The van der Waals surface area contributed by atoms with E-state index in [9.17, 15) is 13.2 Å². The SMILES string of the molecule is NC1=NN=C2CC(c3ccccc3OC(F)(F)F)=CC=C12. The average Bonchev–Trinajstić information content (AvgIpc) is 2.79. The van der Waals surface area contributed by atoms with E-state index in [0.29, 0.717) is 34.7 Å². The highest BCUT2D eigenvalue weighted by Gasteiger charge is 2.33. The first kappa shape index (κ1) is 13.4. The van der Waals surface area contributed by atoms with Crippen molar-refractivity contribution in [2.75, 3.05) is 0 Å². The third-order valence-corrected chi connectivity index (χ3v) is 3.13. The summed E-state index contributed by atoms with van der Waals surface area (Å²) in [5.74, 6) is 0.0840. The quantitative estimate of drug-likeness (QED) is 0.911. The van der Waals surface area contributed by atoms with Gasteiger partial charge in [-0.05, 0) is 17.7 Å². The second-order valence-electron chi connectivity index (χ2n) is 4.52. The van der Waals surface area contributed by atoms with Gasteiger partial charge in [-0.3, -0.25) is 0 Å². The summed E-state index contributed by atoms with van der Waals surface area (Å²) in [5, 5.41) is 7.69. The monoisotopic (exact) mass is 293 g/mol. The van der Waals surface area contributed by atoms with Gasteiger partial charge in [-0.1, -0.05) is 24.3 Å². The van der Waals surface area contributed by atoms with Gasteiger partial charge in [0, 0.05) is 17.6 Å². The average molecular weight is 293 g/mol. The first-order chi connectivity index (χ1) is 9.94. The van der Waals surface area contributed by atoms with Crippen molar-refractivity contribution in [2.24, 2.45) is 15.9 Å². The van der Waals surface area contributed by atoms with Crippen LogP contribution in [0.5, 0.6) is 5.75 Å². The van der Waals surface area contributed by atoms with Crippen LogP contribution in [0.1, 0.15) is 12.0 Å². The molecule has 1 aromatic carbocycles. The van der Waals surface area contributed by atoms with Crippen molar-refractivity contribution in [1.29, 1.82) is 0 Å². The molecule has 0 saturated carbocycles. The van der Waals surface area contributed by atoms with Gasteiger partial charge >= 0.3 is 6.36 Å². The summed E-state index contributed by atoms with van der Waals surface area (Å²) in [6.45, 7) is 0. The lowest BCUT2D eigenvalue weighted by Gasteiger charge is -2.17. The summed E-state index contributed by atoms with van der Waals surface area (Å²) in [7, 11) is 0. The Balaban J connectivity index is 1.96. The van der Waals surface area contributed by atoms with Crippen molar-refractivity contribution in [3.05, 3.63) is 47.6 Å². The van der Waals surface area contributed by atoms with E-state index in [4.69, 9.17) is 5.73 Å². The molecule has 0 spiro atoms. The number of hydrogen-bond acceptors (Lipinski definition) is 4. The fraction of sp³-hybridized carbons (Fsp3) is 0.143. The summed E-state index contributed by atoms with van der Waals surface area (Å²) < 4.78 is 41.4. The van der Waals surface area contributed by atoms with Crippen molar-refractivity contribution >= 4 is 17.1 Å². The van der Waals surface area contributed by atoms with Gasteiger partial charge in [-0.15, -0.1) is 18.3 Å². The van der Waals surface area contributed by atoms with Crippen LogP contribution in [0.25, 0.3) is 5.57 Å². The van der Waals surface area contributed by atoms with E-state index in [1.807, 2.05) is 0 Å². The minimum atomic E-state index is -4.73. The Labute approximate surface area is 118 Å². The van der Waals surface area contributed by atoms with Crippen LogP contribution in [0, 0.1) is 0 Å². The fourth-order valence-corrected chi connectivity index (χ4v) is 2.24. The molecular weight excluding hydrogens is 283 g/mol. The van der Waals surface area contributed by atoms with E-state index in [2.05, 4.69) is 14.9 Å². The molecule has 0 saturated heterocycles. The largest absolute Gasteiger partial charge is 0.573 e. The Kier molecular flexibility index (Phi) is 3.04. The first-order valence-corrected chi connectivity index (χ1v) is 6.11. The van der Waals surface area contributed by atoms with Crippen LogP contribution >= 0.6 is 0 Å². The van der Waals surface area contributed by atoms with Crippen LogP contribution in [0.3, 0.4) is 0 Å². The molecule has 0 aromatic heterocycles. The molecule has 2 aliphatic rings. The van der Waals surface area contributed by atoms with Gasteiger partial charge < -0.3 is 10.5 Å². The molecule has 0 atom stereocenters. The molecule has 2 N–H and O–H groups in total. The number of alkyl halides is 3. The van der Waals surface area contributed by atoms with E-state index >= 15 is 0 Å². The first-order valence-electron chi connectivity index (χ1n) is 6.11. The van der Waals surface area contributed by atoms with E-state index in [1.54, 1.807) is 24.3 Å². The third kappa shape index (κ3) is 2.67. The topological polar surface area (TPSA) is 60.0 Å². The summed E-state index contributed by atoms with van der Waals surface area (Å²) in [4.78, 5) is 0. The Morgan fingerprint density at radius 1 is 1.10 bits per heavy atom. The number of para-hydroxylation sites is 1. The molecule has 21 heavy (non-hydrogen) atoms. The normalized spacial score (nSPS) is 17.5. The van der Waals surface area contributed by atoms with Crippen molar-refractivity contribution in [3.63, 3.8) is 0 Å². The van der Waals surface area contributed by atoms with Crippen molar-refractivity contribution in [3.8, 4) is 5.75 Å². The molecule has 0 bridgehead atoms. The molecule has 1 aliphatic heterocycles. The van der Waals surface area contributed by atoms with Crippen molar-refractivity contribution in [2.45, 2.75) is 12.8 Å². The van der Waals surface area contributed by atoms with Crippen LogP contribution in [0.15, 0.2) is 52.2 Å². The van der Waals surface area contributed by atoms with Crippen LogP contribution in [-0.2, 0) is 0 Å². The lowest BCUT2D eigenvalue weighted by Crippen LogP contribution is -2.20. The number of allylic oxidation sites excluding steroid dienone is 3. The predicted octanol–water partition coefficient (Wildman–Crippen LogP) is 3.03. The van der Waals surface area contributed by atoms with E-state index < -0.39 is 6.36 Å². The summed E-state index contributed by atoms with van der Waals surface area (Å²) in [6, 6.07) is 6.00. The van der Waals surface area contributed by atoms with Gasteiger partial charge in [-0.2, -0.15) is 5.10 Å². The van der Waals surface area contributed by atoms with E-state index in [0.717, 1.165) is 0 Å². The number of ether oxygens (including phenoxy) is 1.